The third-order valence-corrected chi connectivity index (χ3v) is 2.41. The molecule has 1 aromatic rings. The number of hydrogen-bond acceptors (Lipinski definition) is 2. The average Bonchev–Trinajstić information content (AvgIpc) is 2.28. The first-order valence-corrected chi connectivity index (χ1v) is 5.78. The van der Waals surface area contributed by atoms with E-state index in [1.54, 1.807) is 19.1 Å². The fourth-order valence-corrected chi connectivity index (χ4v) is 1.55. The molecule has 2 N–H and O–H groups in total. The minimum atomic E-state index is -0.560. The monoisotopic (exact) mass is 252 g/mol. The molecule has 0 unspecified atom stereocenters. The first-order valence-electron chi connectivity index (χ1n) is 5.78. The van der Waals surface area contributed by atoms with Gasteiger partial charge in [-0.05, 0) is 31.0 Å². The van der Waals surface area contributed by atoms with Gasteiger partial charge >= 0.3 is 0 Å². The summed E-state index contributed by atoms with van der Waals surface area (Å²) in [6, 6.07) is 5.68. The van der Waals surface area contributed by atoms with Crippen LogP contribution in [0.1, 0.15) is 19.4 Å². The summed E-state index contributed by atoms with van der Waals surface area (Å²) in [5.74, 6) is -0.783. The van der Waals surface area contributed by atoms with E-state index >= 15 is 0 Å². The highest BCUT2D eigenvalue weighted by molar-refractivity contribution is 5.86. The molecule has 0 aliphatic carbocycles. The van der Waals surface area contributed by atoms with E-state index in [2.05, 4.69) is 10.6 Å². The Morgan fingerprint density at radius 2 is 2.11 bits per heavy atom. The molecule has 1 rings (SSSR count). The van der Waals surface area contributed by atoms with Gasteiger partial charge in [0.05, 0.1) is 0 Å². The SMILES string of the molecule is CC(=O)N[C@@H](C)C(=O)NCCc1cccc(F)c1. The zero-order valence-electron chi connectivity index (χ0n) is 10.5. The largest absolute Gasteiger partial charge is 0.354 e. The highest BCUT2D eigenvalue weighted by atomic mass is 19.1. The average molecular weight is 252 g/mol. The van der Waals surface area contributed by atoms with Crippen LogP contribution in [-0.4, -0.2) is 24.4 Å². The number of carbonyl (C=O) groups excluding carboxylic acids is 2. The van der Waals surface area contributed by atoms with Crippen molar-refractivity contribution >= 4 is 11.8 Å². The molecule has 0 saturated heterocycles. The Labute approximate surface area is 106 Å². The number of rotatable bonds is 5. The second-order valence-electron chi connectivity index (χ2n) is 4.09. The molecule has 5 heteroatoms. The minimum Gasteiger partial charge on any atom is -0.354 e. The quantitative estimate of drug-likeness (QED) is 0.821. The summed E-state index contributed by atoms with van der Waals surface area (Å²) in [5, 5.41) is 5.17. The van der Waals surface area contributed by atoms with Gasteiger partial charge in [-0.15, -0.1) is 0 Å². The summed E-state index contributed by atoms with van der Waals surface area (Å²) >= 11 is 0. The van der Waals surface area contributed by atoms with Gasteiger partial charge in [0.1, 0.15) is 11.9 Å². The highest BCUT2D eigenvalue weighted by Gasteiger charge is 2.12. The van der Waals surface area contributed by atoms with E-state index in [1.165, 1.54) is 19.1 Å². The van der Waals surface area contributed by atoms with Crippen LogP contribution in [0.15, 0.2) is 24.3 Å². The second kappa shape index (κ2) is 6.74. The number of hydrogen-bond donors (Lipinski definition) is 2. The van der Waals surface area contributed by atoms with E-state index < -0.39 is 6.04 Å². The predicted octanol–water partition coefficient (Wildman–Crippen LogP) is 1.01. The Morgan fingerprint density at radius 1 is 1.39 bits per heavy atom. The zero-order valence-corrected chi connectivity index (χ0v) is 10.5. The highest BCUT2D eigenvalue weighted by Crippen LogP contribution is 2.03. The molecule has 18 heavy (non-hydrogen) atoms. The van der Waals surface area contributed by atoms with Crippen LogP contribution in [0.25, 0.3) is 0 Å². The Kier molecular flexibility index (Phi) is 5.30. The van der Waals surface area contributed by atoms with Crippen molar-refractivity contribution in [1.29, 1.82) is 0 Å². The fraction of sp³-hybridized carbons (Fsp3) is 0.385. The maximum absolute atomic E-state index is 12.9. The second-order valence-corrected chi connectivity index (χ2v) is 4.09. The molecule has 2 amide bonds. The maximum Gasteiger partial charge on any atom is 0.242 e. The van der Waals surface area contributed by atoms with Crippen molar-refractivity contribution in [3.8, 4) is 0 Å². The first kappa shape index (κ1) is 14.2. The van der Waals surface area contributed by atoms with Gasteiger partial charge in [0.15, 0.2) is 0 Å². The lowest BCUT2D eigenvalue weighted by atomic mass is 10.1. The molecular formula is C13H17FN2O2. The number of halogens is 1. The van der Waals surface area contributed by atoms with Crippen LogP contribution in [-0.2, 0) is 16.0 Å². The van der Waals surface area contributed by atoms with E-state index in [0.29, 0.717) is 13.0 Å². The van der Waals surface area contributed by atoms with Gasteiger partial charge in [-0.2, -0.15) is 0 Å². The summed E-state index contributed by atoms with van der Waals surface area (Å²) in [6.45, 7) is 3.38. The smallest absolute Gasteiger partial charge is 0.242 e. The van der Waals surface area contributed by atoms with Gasteiger partial charge in [-0.25, -0.2) is 4.39 Å². The van der Waals surface area contributed by atoms with Gasteiger partial charge in [0.2, 0.25) is 11.8 Å². The van der Waals surface area contributed by atoms with Crippen LogP contribution in [0.4, 0.5) is 4.39 Å². The van der Waals surface area contributed by atoms with Crippen molar-refractivity contribution < 1.29 is 14.0 Å². The van der Waals surface area contributed by atoms with Gasteiger partial charge in [0, 0.05) is 13.5 Å². The third kappa shape index (κ3) is 4.95. The van der Waals surface area contributed by atoms with Crippen LogP contribution < -0.4 is 10.6 Å². The van der Waals surface area contributed by atoms with Crippen molar-refractivity contribution in [2.45, 2.75) is 26.3 Å². The molecule has 0 bridgehead atoms. The molecule has 0 aliphatic heterocycles. The summed E-state index contributed by atoms with van der Waals surface area (Å²) in [5.41, 5.74) is 0.822. The molecule has 1 aromatic carbocycles. The third-order valence-electron chi connectivity index (χ3n) is 2.41. The molecule has 0 fully saturated rings. The van der Waals surface area contributed by atoms with Gasteiger partial charge < -0.3 is 10.6 Å². The summed E-state index contributed by atoms with van der Waals surface area (Å²) in [6.07, 6.45) is 0.552. The Morgan fingerprint density at radius 3 is 2.72 bits per heavy atom. The van der Waals surface area contributed by atoms with Crippen molar-refractivity contribution in [3.05, 3.63) is 35.6 Å². The van der Waals surface area contributed by atoms with Crippen LogP contribution in [0, 0.1) is 5.82 Å². The Hall–Kier alpha value is -1.91. The van der Waals surface area contributed by atoms with E-state index in [1.807, 2.05) is 0 Å². The van der Waals surface area contributed by atoms with Crippen LogP contribution in [0.3, 0.4) is 0 Å². The van der Waals surface area contributed by atoms with Crippen LogP contribution in [0.2, 0.25) is 0 Å². The van der Waals surface area contributed by atoms with E-state index in [0.717, 1.165) is 5.56 Å². The topological polar surface area (TPSA) is 58.2 Å². The summed E-state index contributed by atoms with van der Waals surface area (Å²) in [4.78, 5) is 22.3. The van der Waals surface area contributed by atoms with E-state index in [4.69, 9.17) is 0 Å². The lowest BCUT2D eigenvalue weighted by Crippen LogP contribution is -2.44. The van der Waals surface area contributed by atoms with Gasteiger partial charge in [-0.1, -0.05) is 12.1 Å². The Bertz CT molecular complexity index is 435. The van der Waals surface area contributed by atoms with Crippen molar-refractivity contribution in [2.24, 2.45) is 0 Å². The maximum atomic E-state index is 12.9. The lowest BCUT2D eigenvalue weighted by molar-refractivity contribution is -0.127. The molecule has 1 atom stereocenters. The Balaban J connectivity index is 2.33. The number of benzene rings is 1. The molecule has 0 saturated carbocycles. The number of nitrogens with one attached hydrogen (secondary N) is 2. The van der Waals surface area contributed by atoms with Gasteiger partial charge in [-0.3, -0.25) is 9.59 Å². The zero-order chi connectivity index (χ0) is 13.5. The summed E-state index contributed by atoms with van der Waals surface area (Å²) < 4.78 is 12.9. The van der Waals surface area contributed by atoms with Crippen LogP contribution in [0.5, 0.6) is 0 Å². The standard InChI is InChI=1S/C13H17FN2O2/c1-9(16-10(2)17)13(18)15-7-6-11-4-3-5-12(14)8-11/h3-5,8-9H,6-7H2,1-2H3,(H,15,18)(H,16,17)/t9-/m0/s1. The van der Waals surface area contributed by atoms with Gasteiger partial charge in [0.25, 0.3) is 0 Å². The van der Waals surface area contributed by atoms with E-state index in [9.17, 15) is 14.0 Å². The first-order chi connectivity index (χ1) is 8.49. The van der Waals surface area contributed by atoms with Crippen molar-refractivity contribution in [3.63, 3.8) is 0 Å². The number of amides is 2. The molecule has 0 aromatic heterocycles. The van der Waals surface area contributed by atoms with Crippen molar-refractivity contribution in [1.82, 2.24) is 10.6 Å². The molecule has 0 radical (unpaired) electrons. The normalized spacial score (nSPS) is 11.7. The molecule has 98 valence electrons. The molecular weight excluding hydrogens is 235 g/mol. The van der Waals surface area contributed by atoms with E-state index in [-0.39, 0.29) is 17.6 Å². The molecule has 0 spiro atoms. The predicted molar refractivity (Wildman–Crippen MR) is 66.4 cm³/mol. The molecule has 0 heterocycles. The molecule has 0 aliphatic rings. The van der Waals surface area contributed by atoms with Crippen molar-refractivity contribution in [2.75, 3.05) is 6.54 Å². The lowest BCUT2D eigenvalue weighted by Gasteiger charge is -2.12. The fourth-order valence-electron chi connectivity index (χ4n) is 1.55. The molecule has 4 nitrogen and oxygen atoms in total. The number of carbonyl (C=O) groups is 2. The minimum absolute atomic E-state index is 0.247. The van der Waals surface area contributed by atoms with Crippen LogP contribution >= 0.6 is 0 Å². The summed E-state index contributed by atoms with van der Waals surface area (Å²) in [7, 11) is 0.